The summed E-state index contributed by atoms with van der Waals surface area (Å²) in [6.45, 7) is 5.66. The number of rotatable bonds is 1. The molecule has 82 valence electrons. The van der Waals surface area contributed by atoms with Gasteiger partial charge in [-0.05, 0) is 12.8 Å². The summed E-state index contributed by atoms with van der Waals surface area (Å²) in [6, 6.07) is 0. The van der Waals surface area contributed by atoms with Gasteiger partial charge in [0.05, 0.1) is 11.5 Å². The molecular weight excluding hydrogens is 200 g/mol. The fourth-order valence-electron chi connectivity index (χ4n) is 1.76. The van der Waals surface area contributed by atoms with E-state index in [1.165, 1.54) is 0 Å². The molecule has 14 heavy (non-hydrogen) atoms. The second-order valence-electron chi connectivity index (χ2n) is 5.04. The van der Waals surface area contributed by atoms with Crippen molar-refractivity contribution >= 4 is 15.6 Å². The van der Waals surface area contributed by atoms with Gasteiger partial charge in [0.25, 0.3) is 0 Å². The third kappa shape index (κ3) is 2.80. The predicted molar refractivity (Wildman–Crippen MR) is 55.8 cm³/mol. The summed E-state index contributed by atoms with van der Waals surface area (Å²) in [6.07, 6.45) is 1.02. The van der Waals surface area contributed by atoms with E-state index in [4.69, 9.17) is 0 Å². The molecule has 0 saturated carbocycles. The lowest BCUT2D eigenvalue weighted by Gasteiger charge is -2.27. The second-order valence-corrected chi connectivity index (χ2v) is 7.34. The van der Waals surface area contributed by atoms with Crippen molar-refractivity contribution in [3.05, 3.63) is 0 Å². The van der Waals surface area contributed by atoms with Gasteiger partial charge < -0.3 is 0 Å². The molecule has 3 nitrogen and oxygen atoms in total. The summed E-state index contributed by atoms with van der Waals surface area (Å²) in [7, 11) is -2.85. The van der Waals surface area contributed by atoms with Crippen LogP contribution in [0, 0.1) is 11.3 Å². The largest absolute Gasteiger partial charge is 0.299 e. The van der Waals surface area contributed by atoms with Gasteiger partial charge in [0.1, 0.15) is 15.6 Å². The highest BCUT2D eigenvalue weighted by Crippen LogP contribution is 2.28. The standard InChI is InChI=1S/C10H18O3S/c1-10(2,3)9(11)8-4-6-14(12,13)7-5-8/h8H,4-7H2,1-3H3. The van der Waals surface area contributed by atoms with E-state index in [0.717, 1.165) is 0 Å². The van der Waals surface area contributed by atoms with E-state index in [-0.39, 0.29) is 28.6 Å². The van der Waals surface area contributed by atoms with E-state index in [1.807, 2.05) is 20.8 Å². The molecule has 1 saturated heterocycles. The molecule has 1 aliphatic rings. The minimum absolute atomic E-state index is 0.0430. The number of hydrogen-bond acceptors (Lipinski definition) is 3. The fraction of sp³-hybridized carbons (Fsp3) is 0.900. The van der Waals surface area contributed by atoms with Gasteiger partial charge in [-0.15, -0.1) is 0 Å². The Morgan fingerprint density at radius 2 is 1.57 bits per heavy atom. The maximum atomic E-state index is 11.8. The van der Waals surface area contributed by atoms with Gasteiger partial charge in [-0.3, -0.25) is 4.79 Å². The third-order valence-electron chi connectivity index (χ3n) is 2.66. The van der Waals surface area contributed by atoms with Crippen LogP contribution in [0.4, 0.5) is 0 Å². The van der Waals surface area contributed by atoms with Crippen molar-refractivity contribution in [3.8, 4) is 0 Å². The molecule has 0 aliphatic carbocycles. The van der Waals surface area contributed by atoms with E-state index in [0.29, 0.717) is 12.8 Å². The lowest BCUT2D eigenvalue weighted by atomic mass is 9.80. The molecule has 1 fully saturated rings. The number of sulfone groups is 1. The minimum atomic E-state index is -2.85. The van der Waals surface area contributed by atoms with Crippen LogP contribution in [0.25, 0.3) is 0 Å². The summed E-state index contributed by atoms with van der Waals surface area (Å²) in [5.41, 5.74) is -0.341. The van der Waals surface area contributed by atoms with Crippen molar-refractivity contribution < 1.29 is 13.2 Å². The average molecular weight is 218 g/mol. The van der Waals surface area contributed by atoms with E-state index in [1.54, 1.807) is 0 Å². The SMILES string of the molecule is CC(C)(C)C(=O)C1CCS(=O)(=O)CC1. The molecule has 0 atom stereocenters. The molecule has 1 rings (SSSR count). The van der Waals surface area contributed by atoms with Crippen molar-refractivity contribution in [1.82, 2.24) is 0 Å². The van der Waals surface area contributed by atoms with Crippen LogP contribution in [-0.4, -0.2) is 25.7 Å². The molecule has 0 unspecified atom stereocenters. The molecule has 0 spiro atoms. The van der Waals surface area contributed by atoms with Crippen LogP contribution < -0.4 is 0 Å². The monoisotopic (exact) mass is 218 g/mol. The quantitative estimate of drug-likeness (QED) is 0.669. The van der Waals surface area contributed by atoms with Gasteiger partial charge >= 0.3 is 0 Å². The van der Waals surface area contributed by atoms with Gasteiger partial charge in [-0.1, -0.05) is 20.8 Å². The van der Waals surface area contributed by atoms with Crippen LogP contribution in [0.5, 0.6) is 0 Å². The first kappa shape index (κ1) is 11.7. The molecule has 0 radical (unpaired) electrons. The predicted octanol–water partition coefficient (Wildman–Crippen LogP) is 1.43. The van der Waals surface area contributed by atoms with Crippen molar-refractivity contribution in [2.75, 3.05) is 11.5 Å². The van der Waals surface area contributed by atoms with Crippen LogP contribution >= 0.6 is 0 Å². The lowest BCUT2D eigenvalue weighted by molar-refractivity contribution is -0.130. The van der Waals surface area contributed by atoms with Crippen LogP contribution in [0.3, 0.4) is 0 Å². The summed E-state index contributed by atoms with van der Waals surface area (Å²) >= 11 is 0. The first-order valence-corrected chi connectivity index (χ1v) is 6.79. The van der Waals surface area contributed by atoms with Gasteiger partial charge in [-0.25, -0.2) is 8.42 Å². The van der Waals surface area contributed by atoms with Crippen molar-refractivity contribution in [2.45, 2.75) is 33.6 Å². The number of hydrogen-bond donors (Lipinski definition) is 0. The number of carbonyl (C=O) groups excluding carboxylic acids is 1. The number of carbonyl (C=O) groups is 1. The molecule has 0 aromatic heterocycles. The smallest absolute Gasteiger partial charge is 0.150 e. The van der Waals surface area contributed by atoms with E-state index in [2.05, 4.69) is 0 Å². The Kier molecular flexibility index (Phi) is 3.04. The normalized spacial score (nSPS) is 23.4. The lowest BCUT2D eigenvalue weighted by Crippen LogP contribution is -2.34. The molecule has 0 amide bonds. The van der Waals surface area contributed by atoms with Crippen LogP contribution in [0.15, 0.2) is 0 Å². The number of ketones is 1. The minimum Gasteiger partial charge on any atom is -0.299 e. The Morgan fingerprint density at radius 3 is 1.93 bits per heavy atom. The van der Waals surface area contributed by atoms with Crippen molar-refractivity contribution in [2.24, 2.45) is 11.3 Å². The zero-order valence-electron chi connectivity index (χ0n) is 9.04. The molecule has 1 heterocycles. The van der Waals surface area contributed by atoms with Crippen molar-refractivity contribution in [3.63, 3.8) is 0 Å². The highest BCUT2D eigenvalue weighted by Gasteiger charge is 2.33. The van der Waals surface area contributed by atoms with Gasteiger partial charge in [0, 0.05) is 11.3 Å². The zero-order chi connectivity index (χ0) is 11.0. The molecule has 0 aromatic carbocycles. The topological polar surface area (TPSA) is 51.2 Å². The molecule has 4 heteroatoms. The molecule has 1 aliphatic heterocycles. The second kappa shape index (κ2) is 3.65. The molecule has 0 bridgehead atoms. The van der Waals surface area contributed by atoms with E-state index < -0.39 is 9.84 Å². The van der Waals surface area contributed by atoms with Crippen molar-refractivity contribution in [1.29, 1.82) is 0 Å². The fourth-order valence-corrected chi connectivity index (χ4v) is 3.26. The Labute approximate surface area is 85.8 Å². The zero-order valence-corrected chi connectivity index (χ0v) is 9.86. The summed E-state index contributed by atoms with van der Waals surface area (Å²) in [5.74, 6) is 0.518. The van der Waals surface area contributed by atoms with Gasteiger partial charge in [0.15, 0.2) is 0 Å². The van der Waals surface area contributed by atoms with E-state index in [9.17, 15) is 13.2 Å². The summed E-state index contributed by atoms with van der Waals surface area (Å²) in [4.78, 5) is 11.8. The van der Waals surface area contributed by atoms with Crippen LogP contribution in [0.2, 0.25) is 0 Å². The van der Waals surface area contributed by atoms with E-state index >= 15 is 0 Å². The molecule has 0 N–H and O–H groups in total. The molecule has 0 aromatic rings. The average Bonchev–Trinajstić information content (AvgIpc) is 2.01. The van der Waals surface area contributed by atoms with Crippen LogP contribution in [0.1, 0.15) is 33.6 Å². The number of Topliss-reactive ketones (excluding diaryl/α,β-unsaturated/α-hetero) is 1. The Hall–Kier alpha value is -0.380. The highest BCUT2D eigenvalue weighted by molar-refractivity contribution is 7.91. The first-order chi connectivity index (χ1) is 6.22. The summed E-state index contributed by atoms with van der Waals surface area (Å²) in [5, 5.41) is 0. The third-order valence-corrected chi connectivity index (χ3v) is 4.38. The van der Waals surface area contributed by atoms with Crippen LogP contribution in [-0.2, 0) is 14.6 Å². The maximum absolute atomic E-state index is 11.8. The molecular formula is C10H18O3S. The van der Waals surface area contributed by atoms with Gasteiger partial charge in [-0.2, -0.15) is 0 Å². The maximum Gasteiger partial charge on any atom is 0.150 e. The Balaban J connectivity index is 2.63. The summed E-state index contributed by atoms with van der Waals surface area (Å²) < 4.78 is 22.3. The van der Waals surface area contributed by atoms with Gasteiger partial charge in [0.2, 0.25) is 0 Å². The highest BCUT2D eigenvalue weighted by atomic mass is 32.2. The Morgan fingerprint density at radius 1 is 1.14 bits per heavy atom. The Bertz CT molecular complexity index is 308. The first-order valence-electron chi connectivity index (χ1n) is 4.97.